The minimum absolute atomic E-state index is 0.525. The molecule has 0 N–H and O–H groups in total. The van der Waals surface area contributed by atoms with Crippen molar-refractivity contribution in [1.29, 1.82) is 0 Å². The second-order valence-electron chi connectivity index (χ2n) is 3.15. The van der Waals surface area contributed by atoms with Crippen LogP contribution in [0.1, 0.15) is 20.8 Å². The Bertz CT molecular complexity index is 186. The lowest BCUT2D eigenvalue weighted by molar-refractivity contribution is 0.0341. The summed E-state index contributed by atoms with van der Waals surface area (Å²) in [7, 11) is 0. The van der Waals surface area contributed by atoms with Gasteiger partial charge in [0.25, 0.3) is 0 Å². The smallest absolute Gasteiger partial charge is 0.435 e. The van der Waals surface area contributed by atoms with Gasteiger partial charge in [-0.3, -0.25) is 0 Å². The number of carbonyl (C=O) groups is 1. The van der Waals surface area contributed by atoms with E-state index < -0.39 is 11.7 Å². The molecule has 0 aromatic carbocycles. The third-order valence-electron chi connectivity index (χ3n) is 0.906. The van der Waals surface area contributed by atoms with Crippen LogP contribution in [0, 0.1) is 0 Å². The van der Waals surface area contributed by atoms with Crippen LogP contribution in [0.25, 0.3) is 0 Å². The minimum atomic E-state index is -0.576. The van der Waals surface area contributed by atoms with E-state index >= 15 is 0 Å². The van der Waals surface area contributed by atoms with Gasteiger partial charge in [0.1, 0.15) is 5.60 Å². The largest absolute Gasteiger partial charge is 0.442 e. The van der Waals surface area contributed by atoms with Gasteiger partial charge in [-0.05, 0) is 20.8 Å². The first-order chi connectivity index (χ1) is 5.40. The average Bonchev–Trinajstić information content (AvgIpc) is 1.85. The van der Waals surface area contributed by atoms with Gasteiger partial charge in [-0.1, -0.05) is 6.58 Å². The fourth-order valence-electron chi connectivity index (χ4n) is 0.499. The topological polar surface area (TPSA) is 41.9 Å². The molecule has 0 fully saturated rings. The van der Waals surface area contributed by atoms with Crippen LogP contribution in [0.5, 0.6) is 0 Å². The molecule has 12 heavy (non-hydrogen) atoms. The van der Waals surface area contributed by atoms with Crippen molar-refractivity contribution in [3.63, 3.8) is 0 Å². The van der Waals surface area contributed by atoms with Crippen LogP contribution in [0.15, 0.2) is 17.9 Å². The summed E-state index contributed by atoms with van der Waals surface area (Å²) in [5.41, 5.74) is -0.525. The lowest BCUT2D eigenvalue weighted by atomic mass is 10.2. The molecule has 0 heterocycles. The molecule has 68 valence electrons. The SMILES string of the molecule is C=CN(N=C)C(=O)OC(C)(C)C. The van der Waals surface area contributed by atoms with Crippen molar-refractivity contribution in [2.24, 2.45) is 5.10 Å². The molecule has 0 rings (SSSR count). The Morgan fingerprint density at radius 1 is 1.58 bits per heavy atom. The van der Waals surface area contributed by atoms with E-state index in [1.165, 1.54) is 6.20 Å². The van der Waals surface area contributed by atoms with Crippen LogP contribution >= 0.6 is 0 Å². The maximum absolute atomic E-state index is 11.1. The predicted molar refractivity (Wildman–Crippen MR) is 47.8 cm³/mol. The first-order valence-electron chi connectivity index (χ1n) is 3.52. The van der Waals surface area contributed by atoms with Gasteiger partial charge in [0.15, 0.2) is 0 Å². The number of hydrogen-bond acceptors (Lipinski definition) is 3. The Balaban J connectivity index is 4.20. The number of rotatable bonds is 2. The van der Waals surface area contributed by atoms with E-state index in [-0.39, 0.29) is 0 Å². The summed E-state index contributed by atoms with van der Waals surface area (Å²) in [4.78, 5) is 11.1. The van der Waals surface area contributed by atoms with Crippen LogP contribution < -0.4 is 0 Å². The summed E-state index contributed by atoms with van der Waals surface area (Å²) in [6.07, 6.45) is 0.661. The third kappa shape index (κ3) is 3.75. The van der Waals surface area contributed by atoms with Gasteiger partial charge in [-0.15, -0.1) is 0 Å². The number of hydrazone groups is 1. The fourth-order valence-corrected chi connectivity index (χ4v) is 0.499. The Labute approximate surface area is 72.5 Å². The van der Waals surface area contributed by atoms with E-state index in [2.05, 4.69) is 18.4 Å². The van der Waals surface area contributed by atoms with E-state index in [0.717, 1.165) is 5.01 Å². The quantitative estimate of drug-likeness (QED) is 0.469. The molecule has 0 aliphatic rings. The van der Waals surface area contributed by atoms with Gasteiger partial charge in [0.2, 0.25) is 0 Å². The molecule has 0 radical (unpaired) electrons. The van der Waals surface area contributed by atoms with Gasteiger partial charge in [0.05, 0.1) is 0 Å². The molecule has 0 aromatic heterocycles. The van der Waals surface area contributed by atoms with Crippen molar-refractivity contribution in [2.75, 3.05) is 0 Å². The number of nitrogens with zero attached hydrogens (tertiary/aromatic N) is 2. The highest BCUT2D eigenvalue weighted by atomic mass is 16.6. The summed E-state index contributed by atoms with van der Waals surface area (Å²) >= 11 is 0. The summed E-state index contributed by atoms with van der Waals surface area (Å²) < 4.78 is 4.96. The molecule has 0 saturated heterocycles. The van der Waals surface area contributed by atoms with Crippen molar-refractivity contribution in [2.45, 2.75) is 26.4 Å². The highest BCUT2D eigenvalue weighted by Gasteiger charge is 2.19. The zero-order valence-electron chi connectivity index (χ0n) is 7.70. The predicted octanol–water partition coefficient (Wildman–Crippen LogP) is 1.98. The highest BCUT2D eigenvalue weighted by Crippen LogP contribution is 2.09. The van der Waals surface area contributed by atoms with E-state index in [0.29, 0.717) is 0 Å². The number of amides is 1. The zero-order valence-corrected chi connectivity index (χ0v) is 7.70. The molecule has 0 spiro atoms. The average molecular weight is 170 g/mol. The van der Waals surface area contributed by atoms with Crippen LogP contribution in [-0.2, 0) is 4.74 Å². The maximum Gasteiger partial charge on any atom is 0.435 e. The van der Waals surface area contributed by atoms with Gasteiger partial charge in [0, 0.05) is 12.9 Å². The van der Waals surface area contributed by atoms with Crippen LogP contribution in [0.4, 0.5) is 4.79 Å². The summed E-state index contributed by atoms with van der Waals surface area (Å²) in [6.45, 7) is 11.9. The molecular formula is C8H14N2O2. The van der Waals surface area contributed by atoms with Gasteiger partial charge in [-0.2, -0.15) is 10.1 Å². The second-order valence-corrected chi connectivity index (χ2v) is 3.15. The Kier molecular flexibility index (Phi) is 3.47. The van der Waals surface area contributed by atoms with Crippen molar-refractivity contribution < 1.29 is 9.53 Å². The van der Waals surface area contributed by atoms with Crippen molar-refractivity contribution in [1.82, 2.24) is 5.01 Å². The van der Waals surface area contributed by atoms with Crippen LogP contribution in [-0.4, -0.2) is 23.4 Å². The molecular weight excluding hydrogens is 156 g/mol. The molecule has 0 aliphatic heterocycles. The van der Waals surface area contributed by atoms with E-state index in [1.807, 2.05) is 0 Å². The molecule has 4 heteroatoms. The monoisotopic (exact) mass is 170 g/mol. The van der Waals surface area contributed by atoms with E-state index in [1.54, 1.807) is 20.8 Å². The molecule has 0 bridgehead atoms. The number of carbonyl (C=O) groups excluding carboxylic acids is 1. The molecule has 0 aliphatic carbocycles. The normalized spacial score (nSPS) is 10.2. The van der Waals surface area contributed by atoms with Gasteiger partial charge >= 0.3 is 6.09 Å². The number of ether oxygens (including phenoxy) is 1. The third-order valence-corrected chi connectivity index (χ3v) is 0.906. The van der Waals surface area contributed by atoms with Crippen molar-refractivity contribution >= 4 is 12.8 Å². The second kappa shape index (κ2) is 3.90. The molecule has 0 unspecified atom stereocenters. The van der Waals surface area contributed by atoms with E-state index in [4.69, 9.17) is 4.74 Å². The van der Waals surface area contributed by atoms with E-state index in [9.17, 15) is 4.79 Å². The van der Waals surface area contributed by atoms with Gasteiger partial charge < -0.3 is 4.74 Å². The van der Waals surface area contributed by atoms with Crippen LogP contribution in [0.2, 0.25) is 0 Å². The van der Waals surface area contributed by atoms with Crippen LogP contribution in [0.3, 0.4) is 0 Å². The molecule has 0 aromatic rings. The van der Waals surface area contributed by atoms with Gasteiger partial charge in [-0.25, -0.2) is 4.79 Å². The summed E-state index contributed by atoms with van der Waals surface area (Å²) in [5.74, 6) is 0. The first-order valence-corrected chi connectivity index (χ1v) is 3.52. The summed E-state index contributed by atoms with van der Waals surface area (Å²) in [6, 6.07) is 0. The fraction of sp³-hybridized carbons (Fsp3) is 0.500. The maximum atomic E-state index is 11.1. The Morgan fingerprint density at radius 3 is 2.33 bits per heavy atom. The highest BCUT2D eigenvalue weighted by molar-refractivity contribution is 5.69. The standard InChI is InChI=1S/C8H14N2O2/c1-6-10(9-5)7(11)12-8(2,3)4/h6H,1,5H2,2-4H3. The first kappa shape index (κ1) is 10.7. The lowest BCUT2D eigenvalue weighted by Crippen LogP contribution is -2.30. The molecule has 1 amide bonds. The Morgan fingerprint density at radius 2 is 2.08 bits per heavy atom. The Hall–Kier alpha value is -1.32. The molecule has 0 atom stereocenters. The lowest BCUT2D eigenvalue weighted by Gasteiger charge is -2.21. The van der Waals surface area contributed by atoms with Crippen molar-refractivity contribution in [3.05, 3.63) is 12.8 Å². The molecule has 4 nitrogen and oxygen atoms in total. The number of hydrogen-bond donors (Lipinski definition) is 0. The summed E-state index contributed by atoms with van der Waals surface area (Å²) in [5, 5.41) is 4.32. The zero-order chi connectivity index (χ0) is 9.78. The van der Waals surface area contributed by atoms with Crippen molar-refractivity contribution in [3.8, 4) is 0 Å². The molecule has 0 saturated carbocycles. The minimum Gasteiger partial charge on any atom is -0.442 e.